The maximum absolute atomic E-state index is 13.8. The first kappa shape index (κ1) is 29.5. The molecule has 0 radical (unpaired) electrons. The first-order chi connectivity index (χ1) is 18.1. The Morgan fingerprint density at radius 2 is 1.71 bits per heavy atom. The summed E-state index contributed by atoms with van der Waals surface area (Å²) in [6, 6.07) is 18.0. The number of aryl methyl sites for hydroxylation is 2. The average molecular weight is 556 g/mol. The second-order valence-corrected chi connectivity index (χ2v) is 10.6. The van der Waals surface area contributed by atoms with Crippen molar-refractivity contribution in [2.24, 2.45) is 0 Å². The molecule has 0 spiro atoms. The molecule has 3 rings (SSSR count). The van der Waals surface area contributed by atoms with Crippen LogP contribution >= 0.6 is 23.2 Å². The summed E-state index contributed by atoms with van der Waals surface area (Å²) in [7, 11) is 0. The van der Waals surface area contributed by atoms with Gasteiger partial charge in [-0.1, -0.05) is 72.6 Å². The van der Waals surface area contributed by atoms with E-state index in [2.05, 4.69) is 11.4 Å². The molecule has 0 fully saturated rings. The molecule has 38 heavy (non-hydrogen) atoms. The fourth-order valence-corrected chi connectivity index (χ4v) is 4.67. The molecule has 0 heterocycles. The smallest absolute Gasteiger partial charge is 0.261 e. The van der Waals surface area contributed by atoms with Crippen molar-refractivity contribution >= 4 is 35.0 Å². The Balaban J connectivity index is 1.98. The molecule has 0 aliphatic rings. The lowest BCUT2D eigenvalue weighted by molar-refractivity contribution is -0.143. The van der Waals surface area contributed by atoms with Gasteiger partial charge in [0, 0.05) is 29.1 Å². The Kier molecular flexibility index (Phi) is 10.6. The van der Waals surface area contributed by atoms with Crippen LogP contribution in [0, 0.1) is 20.8 Å². The number of halogens is 2. The summed E-state index contributed by atoms with van der Waals surface area (Å²) in [4.78, 5) is 29.0. The predicted octanol–water partition coefficient (Wildman–Crippen LogP) is 6.85. The maximum Gasteiger partial charge on any atom is 0.261 e. The highest BCUT2D eigenvalue weighted by Gasteiger charge is 2.31. The van der Waals surface area contributed by atoms with Crippen LogP contribution in [-0.4, -0.2) is 35.4 Å². The van der Waals surface area contributed by atoms with Crippen molar-refractivity contribution in [2.75, 3.05) is 6.61 Å². The molecule has 0 aliphatic heterocycles. The number of amides is 2. The van der Waals surface area contributed by atoms with E-state index in [9.17, 15) is 9.59 Å². The standard InChI is InChI=1S/C31H36Cl2N2O3/c1-6-22(4)34-31(37)28(16-24-10-8-7-9-11-24)35(18-25-12-13-26(32)17-27(25)33)30(36)19-38-29-15-20(2)14-21(3)23(29)5/h7-15,17,22,28H,6,16,18-19H2,1-5H3,(H,34,37)/t22-,28-/m1/s1. The lowest BCUT2D eigenvalue weighted by Crippen LogP contribution is -2.53. The van der Waals surface area contributed by atoms with Gasteiger partial charge in [0.1, 0.15) is 11.8 Å². The summed E-state index contributed by atoms with van der Waals surface area (Å²) >= 11 is 12.6. The van der Waals surface area contributed by atoms with Gasteiger partial charge in [0.25, 0.3) is 5.91 Å². The number of hydrogen-bond donors (Lipinski definition) is 1. The predicted molar refractivity (Wildman–Crippen MR) is 155 cm³/mol. The molecule has 5 nitrogen and oxygen atoms in total. The van der Waals surface area contributed by atoms with E-state index >= 15 is 0 Å². The van der Waals surface area contributed by atoms with Crippen molar-refractivity contribution < 1.29 is 14.3 Å². The molecule has 7 heteroatoms. The van der Waals surface area contributed by atoms with Gasteiger partial charge in [0.2, 0.25) is 5.91 Å². The molecule has 0 saturated heterocycles. The second-order valence-electron chi connectivity index (χ2n) is 9.77. The normalized spacial score (nSPS) is 12.5. The molecular weight excluding hydrogens is 519 g/mol. The largest absolute Gasteiger partial charge is 0.483 e. The first-order valence-corrected chi connectivity index (χ1v) is 13.6. The lowest BCUT2D eigenvalue weighted by Gasteiger charge is -2.32. The van der Waals surface area contributed by atoms with E-state index in [4.69, 9.17) is 27.9 Å². The Labute approximate surface area is 236 Å². The quantitative estimate of drug-likeness (QED) is 0.282. The summed E-state index contributed by atoms with van der Waals surface area (Å²) in [6.45, 7) is 9.86. The van der Waals surface area contributed by atoms with Crippen molar-refractivity contribution in [1.29, 1.82) is 0 Å². The van der Waals surface area contributed by atoms with Crippen molar-refractivity contribution in [3.63, 3.8) is 0 Å². The van der Waals surface area contributed by atoms with Crippen molar-refractivity contribution in [1.82, 2.24) is 10.2 Å². The Bertz CT molecular complexity index is 1260. The van der Waals surface area contributed by atoms with Crippen LogP contribution in [-0.2, 0) is 22.6 Å². The van der Waals surface area contributed by atoms with Crippen LogP contribution in [0.1, 0.15) is 48.1 Å². The second kappa shape index (κ2) is 13.7. The number of carbonyl (C=O) groups is 2. The lowest BCUT2D eigenvalue weighted by atomic mass is 10.0. The zero-order valence-corrected chi connectivity index (χ0v) is 24.2. The molecule has 0 saturated carbocycles. The molecule has 2 atom stereocenters. The highest BCUT2D eigenvalue weighted by Crippen LogP contribution is 2.26. The van der Waals surface area contributed by atoms with Crippen molar-refractivity contribution in [3.8, 4) is 5.75 Å². The van der Waals surface area contributed by atoms with E-state index in [-0.39, 0.29) is 31.0 Å². The number of nitrogens with zero attached hydrogens (tertiary/aromatic N) is 1. The average Bonchev–Trinajstić information content (AvgIpc) is 2.88. The van der Waals surface area contributed by atoms with Crippen LogP contribution in [0.25, 0.3) is 0 Å². The van der Waals surface area contributed by atoms with Gasteiger partial charge in [-0.15, -0.1) is 0 Å². The van der Waals surface area contributed by atoms with Gasteiger partial charge >= 0.3 is 0 Å². The zero-order valence-electron chi connectivity index (χ0n) is 22.7. The molecule has 0 bridgehead atoms. The topological polar surface area (TPSA) is 58.6 Å². The summed E-state index contributed by atoms with van der Waals surface area (Å²) in [5, 5.41) is 4.00. The van der Waals surface area contributed by atoms with E-state index in [1.807, 2.05) is 71.0 Å². The van der Waals surface area contributed by atoms with Gasteiger partial charge in [0.15, 0.2) is 6.61 Å². The molecule has 202 valence electrons. The number of rotatable bonds is 11. The van der Waals surface area contributed by atoms with Gasteiger partial charge in [-0.25, -0.2) is 0 Å². The molecule has 1 N–H and O–H groups in total. The van der Waals surface area contributed by atoms with Gasteiger partial charge in [-0.05, 0) is 80.1 Å². The fraction of sp³-hybridized carbons (Fsp3) is 0.355. The highest BCUT2D eigenvalue weighted by molar-refractivity contribution is 6.35. The van der Waals surface area contributed by atoms with Gasteiger partial charge < -0.3 is 15.0 Å². The maximum atomic E-state index is 13.8. The van der Waals surface area contributed by atoms with E-state index in [1.165, 1.54) is 0 Å². The Morgan fingerprint density at radius 1 is 1.00 bits per heavy atom. The number of carbonyl (C=O) groups excluding carboxylic acids is 2. The molecule has 3 aromatic rings. The fourth-order valence-electron chi connectivity index (χ4n) is 4.20. The number of ether oxygens (including phenoxy) is 1. The van der Waals surface area contributed by atoms with Gasteiger partial charge in [-0.3, -0.25) is 9.59 Å². The minimum atomic E-state index is -0.769. The molecule has 3 aromatic carbocycles. The summed E-state index contributed by atoms with van der Waals surface area (Å²) in [5.41, 5.74) is 4.76. The third-order valence-electron chi connectivity index (χ3n) is 6.74. The molecule has 0 aliphatic carbocycles. The number of benzene rings is 3. The van der Waals surface area contributed by atoms with Crippen LogP contribution in [0.4, 0.5) is 0 Å². The SMILES string of the molecule is CC[C@@H](C)NC(=O)[C@@H](Cc1ccccc1)N(Cc1ccc(Cl)cc1Cl)C(=O)COc1cc(C)cc(C)c1C. The number of nitrogens with one attached hydrogen (secondary N) is 1. The minimum Gasteiger partial charge on any atom is -0.483 e. The molecule has 0 aromatic heterocycles. The van der Waals surface area contributed by atoms with Crippen LogP contribution in [0.15, 0.2) is 60.7 Å². The van der Waals surface area contributed by atoms with Crippen molar-refractivity contribution in [2.45, 2.75) is 66.1 Å². The minimum absolute atomic E-state index is 0.0361. The summed E-state index contributed by atoms with van der Waals surface area (Å²) < 4.78 is 6.03. The zero-order chi connectivity index (χ0) is 27.8. The van der Waals surface area contributed by atoms with Gasteiger partial charge in [-0.2, -0.15) is 0 Å². The van der Waals surface area contributed by atoms with E-state index in [0.717, 1.165) is 28.7 Å². The third-order valence-corrected chi connectivity index (χ3v) is 7.33. The Hall–Kier alpha value is -3.02. The first-order valence-electron chi connectivity index (χ1n) is 12.9. The molecule has 2 amide bonds. The Morgan fingerprint density at radius 3 is 2.37 bits per heavy atom. The number of hydrogen-bond acceptors (Lipinski definition) is 3. The molecule has 0 unspecified atom stereocenters. The van der Waals surface area contributed by atoms with E-state index in [1.54, 1.807) is 23.1 Å². The van der Waals surface area contributed by atoms with E-state index < -0.39 is 6.04 Å². The molecular formula is C31H36Cl2N2O3. The van der Waals surface area contributed by atoms with Crippen LogP contribution in [0.2, 0.25) is 10.0 Å². The van der Waals surface area contributed by atoms with Gasteiger partial charge in [0.05, 0.1) is 0 Å². The van der Waals surface area contributed by atoms with Crippen LogP contribution in [0.5, 0.6) is 5.75 Å². The third kappa shape index (κ3) is 7.99. The summed E-state index contributed by atoms with van der Waals surface area (Å²) in [5.74, 6) is 0.128. The van der Waals surface area contributed by atoms with E-state index in [0.29, 0.717) is 27.8 Å². The monoisotopic (exact) mass is 554 g/mol. The van der Waals surface area contributed by atoms with Crippen molar-refractivity contribution in [3.05, 3.63) is 98.5 Å². The van der Waals surface area contributed by atoms with Crippen LogP contribution < -0.4 is 10.1 Å². The van der Waals surface area contributed by atoms with Crippen LogP contribution in [0.3, 0.4) is 0 Å². The summed E-state index contributed by atoms with van der Waals surface area (Å²) in [6.07, 6.45) is 1.12. The highest BCUT2D eigenvalue weighted by atomic mass is 35.5.